The fourth-order valence-corrected chi connectivity index (χ4v) is 5.68. The maximum Gasteiger partial charge on any atom is 0.408 e. The number of hydrogen-bond donors (Lipinski definition) is 2. The number of rotatable bonds is 16. The molecule has 2 aromatic rings. The number of ether oxygens (including phenoxy) is 2. The second-order valence-electron chi connectivity index (χ2n) is 14.3. The van der Waals surface area contributed by atoms with Crippen molar-refractivity contribution in [3.63, 3.8) is 0 Å². The number of carbonyl (C=O) groups is 4. The van der Waals surface area contributed by atoms with Crippen LogP contribution in [0.25, 0.3) is 0 Å². The molecule has 9 nitrogen and oxygen atoms in total. The van der Waals surface area contributed by atoms with Crippen LogP contribution >= 0.6 is 11.8 Å². The summed E-state index contributed by atoms with van der Waals surface area (Å²) in [5.74, 6) is -0.842. The smallest absolute Gasteiger partial charge is 0.408 e. The van der Waals surface area contributed by atoms with Crippen molar-refractivity contribution in [3.05, 3.63) is 70.8 Å². The molecule has 0 saturated carbocycles. The van der Waals surface area contributed by atoms with Gasteiger partial charge in [-0.05, 0) is 96.9 Å². The van der Waals surface area contributed by atoms with Crippen LogP contribution in [0.2, 0.25) is 0 Å². The van der Waals surface area contributed by atoms with Crippen molar-refractivity contribution in [1.82, 2.24) is 15.5 Å². The molecule has 0 bridgehead atoms. The molecule has 2 aromatic carbocycles. The average Bonchev–Trinajstić information content (AvgIpc) is 2.98. The lowest BCUT2D eigenvalue weighted by Crippen LogP contribution is -2.55. The molecule has 0 radical (unpaired) electrons. The largest absolute Gasteiger partial charge is 0.458 e. The van der Waals surface area contributed by atoms with E-state index in [-0.39, 0.29) is 18.9 Å². The molecule has 48 heavy (non-hydrogen) atoms. The topological polar surface area (TPSA) is 114 Å². The number of thioether (sulfide) groups is 1. The van der Waals surface area contributed by atoms with Crippen LogP contribution in [-0.2, 0) is 30.3 Å². The van der Waals surface area contributed by atoms with Crippen molar-refractivity contribution >= 4 is 35.6 Å². The third-order valence-corrected chi connectivity index (χ3v) is 8.11. The molecule has 0 fully saturated rings. The Hall–Kier alpha value is -3.53. The molecule has 266 valence electrons. The van der Waals surface area contributed by atoms with Crippen LogP contribution < -0.4 is 10.6 Å². The highest BCUT2D eigenvalue weighted by Crippen LogP contribution is 2.28. The molecule has 2 N–H and O–H groups in total. The molecule has 2 rings (SSSR count). The Bertz CT molecular complexity index is 1350. The van der Waals surface area contributed by atoms with Crippen molar-refractivity contribution < 1.29 is 28.7 Å². The summed E-state index contributed by atoms with van der Waals surface area (Å²) in [6.45, 7) is 16.8. The average molecular weight is 684 g/mol. The Morgan fingerprint density at radius 2 is 1.50 bits per heavy atom. The lowest BCUT2D eigenvalue weighted by atomic mass is 9.95. The number of benzene rings is 2. The molecule has 0 heterocycles. The van der Waals surface area contributed by atoms with Gasteiger partial charge >= 0.3 is 12.1 Å². The summed E-state index contributed by atoms with van der Waals surface area (Å²) >= 11 is 1.56. The first-order valence-corrected chi connectivity index (χ1v) is 18.3. The summed E-state index contributed by atoms with van der Waals surface area (Å²) in [4.78, 5) is 57.4. The maximum absolute atomic E-state index is 14.7. The number of nitrogens with one attached hydrogen (secondary N) is 2. The van der Waals surface area contributed by atoms with Crippen LogP contribution in [0.3, 0.4) is 0 Å². The third-order valence-electron chi connectivity index (χ3n) is 7.47. The number of amides is 3. The molecule has 3 unspecified atom stereocenters. The van der Waals surface area contributed by atoms with Crippen LogP contribution in [-0.4, -0.2) is 70.6 Å². The molecule has 3 atom stereocenters. The third kappa shape index (κ3) is 13.9. The first-order chi connectivity index (χ1) is 22.5. The molecule has 0 aromatic heterocycles. The predicted molar refractivity (Wildman–Crippen MR) is 194 cm³/mol. The van der Waals surface area contributed by atoms with Gasteiger partial charge in [0.25, 0.3) is 0 Å². The normalized spacial score (nSPS) is 13.5. The van der Waals surface area contributed by atoms with E-state index in [9.17, 15) is 19.2 Å². The van der Waals surface area contributed by atoms with E-state index in [1.54, 1.807) is 58.2 Å². The Kier molecular flexibility index (Phi) is 16.0. The number of nitrogens with zero attached hydrogens (tertiary/aromatic N) is 1. The van der Waals surface area contributed by atoms with Crippen LogP contribution in [0.1, 0.15) is 102 Å². The number of alkyl carbamates (subject to hydrolysis) is 1. The molecule has 0 saturated heterocycles. The van der Waals surface area contributed by atoms with Crippen LogP contribution in [0, 0.1) is 13.8 Å². The Morgan fingerprint density at radius 3 is 2.08 bits per heavy atom. The molecular weight excluding hydrogens is 627 g/mol. The summed E-state index contributed by atoms with van der Waals surface area (Å²) in [6.07, 6.45) is 4.19. The van der Waals surface area contributed by atoms with Gasteiger partial charge in [-0.2, -0.15) is 11.8 Å². The fourth-order valence-electron chi connectivity index (χ4n) is 5.21. The molecule has 0 aliphatic heterocycles. The minimum absolute atomic E-state index is 0.210. The highest BCUT2D eigenvalue weighted by Gasteiger charge is 2.38. The number of esters is 1. The van der Waals surface area contributed by atoms with E-state index in [0.717, 1.165) is 29.5 Å². The molecule has 10 heteroatoms. The molecule has 3 amide bonds. The fraction of sp³-hybridized carbons (Fsp3) is 0.579. The standard InChI is InChI=1S/C38H57N3O6S/c1-11-12-16-22-41(34(43)30(21-23-48-10)40-36(45)47-38(7,8)9)32(29-24-26(2)19-20-27(29)3)33(42)39-31(35(44)46-37(4,5)6)25-28-17-14-13-15-18-28/h13-15,17-20,24,30-32H,11-12,16,21-23,25H2,1-10H3,(H,39,42)(H,40,45). The van der Waals surface area contributed by atoms with Gasteiger partial charge in [-0.1, -0.05) is 73.9 Å². The first kappa shape index (κ1) is 40.6. The SMILES string of the molecule is CCCCCN(C(=O)C(CCSC)NC(=O)OC(C)(C)C)C(C(=O)NC(Cc1ccccc1)C(=O)OC(C)(C)C)c1cc(C)ccc1C. The number of carbonyl (C=O) groups excluding carboxylic acids is 4. The second kappa shape index (κ2) is 18.9. The van der Waals surface area contributed by atoms with Gasteiger partial charge in [0.1, 0.15) is 29.3 Å². The monoisotopic (exact) mass is 683 g/mol. The van der Waals surface area contributed by atoms with Gasteiger partial charge in [0, 0.05) is 13.0 Å². The number of unbranched alkanes of at least 4 members (excludes halogenated alkanes) is 2. The summed E-state index contributed by atoms with van der Waals surface area (Å²) < 4.78 is 11.3. The van der Waals surface area contributed by atoms with Gasteiger partial charge in [0.15, 0.2) is 0 Å². The molecular formula is C38H57N3O6S. The van der Waals surface area contributed by atoms with Crippen molar-refractivity contribution in [2.45, 2.75) is 124 Å². The van der Waals surface area contributed by atoms with Gasteiger partial charge in [-0.3, -0.25) is 9.59 Å². The quantitative estimate of drug-likeness (QED) is 0.144. The van der Waals surface area contributed by atoms with E-state index in [1.165, 1.54) is 0 Å². The van der Waals surface area contributed by atoms with Gasteiger partial charge in [-0.25, -0.2) is 9.59 Å². The van der Waals surface area contributed by atoms with Gasteiger partial charge in [0.2, 0.25) is 11.8 Å². The lowest BCUT2D eigenvalue weighted by Gasteiger charge is -2.36. The van der Waals surface area contributed by atoms with Crippen LogP contribution in [0.4, 0.5) is 4.79 Å². The molecule has 0 aliphatic rings. The zero-order valence-electron chi connectivity index (χ0n) is 30.6. The van der Waals surface area contributed by atoms with Gasteiger partial charge < -0.3 is 25.0 Å². The van der Waals surface area contributed by atoms with Crippen molar-refractivity contribution in [1.29, 1.82) is 0 Å². The van der Waals surface area contributed by atoms with Crippen molar-refractivity contribution in [3.8, 4) is 0 Å². The Balaban J connectivity index is 2.67. The summed E-state index contributed by atoms with van der Waals surface area (Å²) in [7, 11) is 0. The summed E-state index contributed by atoms with van der Waals surface area (Å²) in [6, 6.07) is 12.2. The zero-order valence-corrected chi connectivity index (χ0v) is 31.4. The van der Waals surface area contributed by atoms with E-state index < -0.39 is 47.3 Å². The summed E-state index contributed by atoms with van der Waals surface area (Å²) in [5, 5.41) is 5.79. The van der Waals surface area contributed by atoms with Crippen LogP contribution in [0.5, 0.6) is 0 Å². The van der Waals surface area contributed by atoms with E-state index in [0.29, 0.717) is 24.2 Å². The first-order valence-electron chi connectivity index (χ1n) is 16.9. The van der Waals surface area contributed by atoms with E-state index in [4.69, 9.17) is 9.47 Å². The highest BCUT2D eigenvalue weighted by molar-refractivity contribution is 7.98. The highest BCUT2D eigenvalue weighted by atomic mass is 32.2. The van der Waals surface area contributed by atoms with Gasteiger partial charge in [0.05, 0.1) is 0 Å². The minimum atomic E-state index is -1.08. The number of aryl methyl sites for hydroxylation is 2. The Morgan fingerprint density at radius 1 is 0.854 bits per heavy atom. The lowest BCUT2D eigenvalue weighted by molar-refractivity contribution is -0.159. The van der Waals surface area contributed by atoms with E-state index in [2.05, 4.69) is 17.6 Å². The number of hydrogen-bond acceptors (Lipinski definition) is 7. The van der Waals surface area contributed by atoms with Crippen LogP contribution in [0.15, 0.2) is 48.5 Å². The predicted octanol–water partition coefficient (Wildman–Crippen LogP) is 7.08. The molecule has 0 aliphatic carbocycles. The zero-order chi connectivity index (χ0) is 36.1. The summed E-state index contributed by atoms with van der Waals surface area (Å²) in [5.41, 5.74) is 1.73. The Labute approximate surface area is 292 Å². The second-order valence-corrected chi connectivity index (χ2v) is 15.3. The minimum Gasteiger partial charge on any atom is -0.458 e. The van der Waals surface area contributed by atoms with E-state index in [1.807, 2.05) is 68.6 Å². The van der Waals surface area contributed by atoms with E-state index >= 15 is 0 Å². The van der Waals surface area contributed by atoms with Crippen molar-refractivity contribution in [2.24, 2.45) is 0 Å². The van der Waals surface area contributed by atoms with Gasteiger partial charge in [-0.15, -0.1) is 0 Å². The maximum atomic E-state index is 14.7. The molecule has 0 spiro atoms. The van der Waals surface area contributed by atoms with Crippen molar-refractivity contribution in [2.75, 3.05) is 18.6 Å².